The lowest BCUT2D eigenvalue weighted by molar-refractivity contribution is 0.125. The SMILES string of the molecule is Cc1cccc(C(O)(c2ccc(Cl)cc2)c2ccc(Cl)cc2)c1. The van der Waals surface area contributed by atoms with Crippen molar-refractivity contribution in [3.63, 3.8) is 0 Å². The zero-order valence-corrected chi connectivity index (χ0v) is 14.1. The van der Waals surface area contributed by atoms with Crippen LogP contribution in [-0.2, 0) is 5.60 Å². The Balaban J connectivity index is 2.24. The van der Waals surface area contributed by atoms with Gasteiger partial charge in [0.05, 0.1) is 0 Å². The van der Waals surface area contributed by atoms with Crippen molar-refractivity contribution in [1.29, 1.82) is 0 Å². The van der Waals surface area contributed by atoms with Crippen LogP contribution < -0.4 is 0 Å². The molecule has 0 atom stereocenters. The van der Waals surface area contributed by atoms with Crippen LogP contribution in [-0.4, -0.2) is 5.11 Å². The molecule has 116 valence electrons. The minimum absolute atomic E-state index is 0.636. The molecule has 0 radical (unpaired) electrons. The zero-order valence-electron chi connectivity index (χ0n) is 12.6. The second kappa shape index (κ2) is 6.37. The van der Waals surface area contributed by atoms with Crippen LogP contribution in [0.1, 0.15) is 22.3 Å². The van der Waals surface area contributed by atoms with E-state index in [-0.39, 0.29) is 0 Å². The number of hydrogen-bond donors (Lipinski definition) is 1. The molecule has 0 unspecified atom stereocenters. The van der Waals surface area contributed by atoms with Gasteiger partial charge in [0.1, 0.15) is 5.60 Å². The molecule has 3 aromatic rings. The van der Waals surface area contributed by atoms with E-state index in [4.69, 9.17) is 23.2 Å². The van der Waals surface area contributed by atoms with Crippen LogP contribution in [0.3, 0.4) is 0 Å². The quantitative estimate of drug-likeness (QED) is 0.615. The highest BCUT2D eigenvalue weighted by molar-refractivity contribution is 6.30. The monoisotopic (exact) mass is 342 g/mol. The maximum atomic E-state index is 11.6. The summed E-state index contributed by atoms with van der Waals surface area (Å²) >= 11 is 12.0. The van der Waals surface area contributed by atoms with Crippen molar-refractivity contribution >= 4 is 23.2 Å². The second-order valence-electron chi connectivity index (χ2n) is 5.59. The molecule has 3 rings (SSSR count). The summed E-state index contributed by atoms with van der Waals surface area (Å²) in [5.41, 5.74) is 2.15. The first-order chi connectivity index (χ1) is 11.0. The van der Waals surface area contributed by atoms with Gasteiger partial charge in [-0.2, -0.15) is 0 Å². The summed E-state index contributed by atoms with van der Waals surface area (Å²) in [6, 6.07) is 22.4. The van der Waals surface area contributed by atoms with Gasteiger partial charge in [-0.15, -0.1) is 0 Å². The van der Waals surface area contributed by atoms with Crippen LogP contribution in [0.4, 0.5) is 0 Å². The van der Waals surface area contributed by atoms with Crippen molar-refractivity contribution < 1.29 is 5.11 Å². The molecule has 1 N–H and O–H groups in total. The fraction of sp³-hybridized carbons (Fsp3) is 0.100. The maximum absolute atomic E-state index is 11.6. The Kier molecular flexibility index (Phi) is 4.45. The van der Waals surface area contributed by atoms with Gasteiger partial charge < -0.3 is 5.11 Å². The fourth-order valence-corrected chi connectivity index (χ4v) is 3.00. The Labute approximate surface area is 146 Å². The second-order valence-corrected chi connectivity index (χ2v) is 6.47. The number of hydrogen-bond acceptors (Lipinski definition) is 1. The molecule has 0 heterocycles. The van der Waals surface area contributed by atoms with Crippen LogP contribution in [0.15, 0.2) is 72.8 Å². The molecule has 3 aromatic carbocycles. The molecular weight excluding hydrogens is 327 g/mol. The Bertz CT molecular complexity index is 762. The van der Waals surface area contributed by atoms with Gasteiger partial charge >= 0.3 is 0 Å². The third-order valence-corrected chi connectivity index (χ3v) is 4.46. The van der Waals surface area contributed by atoms with Gasteiger partial charge in [-0.1, -0.05) is 77.3 Å². The Hall–Kier alpha value is -1.80. The van der Waals surface area contributed by atoms with Crippen LogP contribution in [0.5, 0.6) is 0 Å². The van der Waals surface area contributed by atoms with E-state index in [0.29, 0.717) is 10.0 Å². The summed E-state index contributed by atoms with van der Waals surface area (Å²) in [7, 11) is 0. The minimum atomic E-state index is -1.26. The van der Waals surface area contributed by atoms with Crippen molar-refractivity contribution in [2.24, 2.45) is 0 Å². The normalized spacial score (nSPS) is 11.5. The molecule has 0 aliphatic rings. The first kappa shape index (κ1) is 16.1. The first-order valence-electron chi connectivity index (χ1n) is 7.32. The van der Waals surface area contributed by atoms with E-state index in [1.165, 1.54) is 0 Å². The maximum Gasteiger partial charge on any atom is 0.140 e. The van der Waals surface area contributed by atoms with Crippen molar-refractivity contribution in [3.8, 4) is 0 Å². The van der Waals surface area contributed by atoms with E-state index in [2.05, 4.69) is 0 Å². The van der Waals surface area contributed by atoms with Crippen LogP contribution in [0, 0.1) is 6.92 Å². The van der Waals surface area contributed by atoms with Crippen molar-refractivity contribution in [3.05, 3.63) is 105 Å². The van der Waals surface area contributed by atoms with Crippen molar-refractivity contribution in [2.45, 2.75) is 12.5 Å². The van der Waals surface area contributed by atoms with Gasteiger partial charge in [-0.25, -0.2) is 0 Å². The lowest BCUT2D eigenvalue weighted by atomic mass is 9.80. The molecule has 3 heteroatoms. The molecule has 0 aliphatic heterocycles. The summed E-state index contributed by atoms with van der Waals surface area (Å²) in [6.07, 6.45) is 0. The van der Waals surface area contributed by atoms with Crippen molar-refractivity contribution in [1.82, 2.24) is 0 Å². The van der Waals surface area contributed by atoms with E-state index in [1.54, 1.807) is 24.3 Å². The number of aliphatic hydroxyl groups is 1. The first-order valence-corrected chi connectivity index (χ1v) is 8.07. The van der Waals surface area contributed by atoms with Gasteiger partial charge in [0.15, 0.2) is 0 Å². The highest BCUT2D eigenvalue weighted by Gasteiger charge is 2.33. The van der Waals surface area contributed by atoms with Gasteiger partial charge in [0.25, 0.3) is 0 Å². The van der Waals surface area contributed by atoms with Crippen LogP contribution in [0.2, 0.25) is 10.0 Å². The Morgan fingerprint density at radius 1 is 0.696 bits per heavy atom. The number of halogens is 2. The minimum Gasteiger partial charge on any atom is -0.376 e. The van der Waals surface area contributed by atoms with Crippen LogP contribution in [0.25, 0.3) is 0 Å². The van der Waals surface area contributed by atoms with Gasteiger partial charge in [-0.05, 0) is 47.9 Å². The smallest absolute Gasteiger partial charge is 0.140 e. The summed E-state index contributed by atoms with van der Waals surface area (Å²) in [5.74, 6) is 0. The lowest BCUT2D eigenvalue weighted by Crippen LogP contribution is -2.28. The standard InChI is InChI=1S/C20H16Cl2O/c1-14-3-2-4-17(13-14)20(23,15-5-9-18(21)10-6-15)16-7-11-19(22)12-8-16/h2-13,23H,1H3. The topological polar surface area (TPSA) is 20.2 Å². The molecule has 0 saturated heterocycles. The highest BCUT2D eigenvalue weighted by atomic mass is 35.5. The van der Waals surface area contributed by atoms with Crippen molar-refractivity contribution in [2.75, 3.05) is 0 Å². The third-order valence-electron chi connectivity index (χ3n) is 3.96. The van der Waals surface area contributed by atoms with E-state index in [9.17, 15) is 5.11 Å². The molecular formula is C20H16Cl2O. The van der Waals surface area contributed by atoms with E-state index in [0.717, 1.165) is 22.3 Å². The summed E-state index contributed by atoms with van der Waals surface area (Å²) in [6.45, 7) is 2.01. The van der Waals surface area contributed by atoms with Crippen LogP contribution >= 0.6 is 23.2 Å². The summed E-state index contributed by atoms with van der Waals surface area (Å²) in [4.78, 5) is 0. The number of benzene rings is 3. The molecule has 0 saturated carbocycles. The molecule has 23 heavy (non-hydrogen) atoms. The average Bonchev–Trinajstić information content (AvgIpc) is 2.55. The largest absolute Gasteiger partial charge is 0.376 e. The van der Waals surface area contributed by atoms with E-state index >= 15 is 0 Å². The lowest BCUT2D eigenvalue weighted by Gasteiger charge is -2.30. The van der Waals surface area contributed by atoms with Gasteiger partial charge in [0.2, 0.25) is 0 Å². The highest BCUT2D eigenvalue weighted by Crippen LogP contribution is 2.37. The molecule has 0 aliphatic carbocycles. The molecule has 0 aromatic heterocycles. The Morgan fingerprint density at radius 2 is 1.17 bits per heavy atom. The zero-order chi connectivity index (χ0) is 16.4. The fourth-order valence-electron chi connectivity index (χ4n) is 2.75. The Morgan fingerprint density at radius 3 is 1.61 bits per heavy atom. The average molecular weight is 343 g/mol. The predicted molar refractivity (Wildman–Crippen MR) is 96.2 cm³/mol. The molecule has 0 amide bonds. The summed E-state index contributed by atoms with van der Waals surface area (Å²) in [5, 5.41) is 12.9. The molecule has 0 spiro atoms. The number of aryl methyl sites for hydroxylation is 1. The molecule has 0 fully saturated rings. The molecule has 1 nitrogen and oxygen atoms in total. The predicted octanol–water partition coefficient (Wildman–Crippen LogP) is 5.59. The molecule has 0 bridgehead atoms. The van der Waals surface area contributed by atoms with Gasteiger partial charge in [-0.3, -0.25) is 0 Å². The number of rotatable bonds is 3. The van der Waals surface area contributed by atoms with E-state index in [1.807, 2.05) is 55.5 Å². The van der Waals surface area contributed by atoms with E-state index < -0.39 is 5.60 Å². The summed E-state index contributed by atoms with van der Waals surface area (Å²) < 4.78 is 0. The third kappa shape index (κ3) is 3.13. The van der Waals surface area contributed by atoms with Gasteiger partial charge in [0, 0.05) is 10.0 Å².